The van der Waals surface area contributed by atoms with Crippen LogP contribution in [0.4, 0.5) is 0 Å². The molecule has 0 N–H and O–H groups in total. The Morgan fingerprint density at radius 2 is 2.22 bits per heavy atom. The normalized spacial score (nSPS) is 11.0. The minimum Gasteiger partial charge on any atom is -0.485 e. The summed E-state index contributed by atoms with van der Waals surface area (Å²) in [7, 11) is 0. The number of fused-ring (bicyclic) bond motifs is 1. The monoisotopic (exact) mass is 300 g/mol. The summed E-state index contributed by atoms with van der Waals surface area (Å²) in [6.07, 6.45) is 1.55. The van der Waals surface area contributed by atoms with Crippen molar-refractivity contribution in [2.75, 3.05) is 0 Å². The van der Waals surface area contributed by atoms with E-state index in [0.29, 0.717) is 22.4 Å². The van der Waals surface area contributed by atoms with Crippen molar-refractivity contribution in [2.45, 2.75) is 6.61 Å². The maximum Gasteiger partial charge on any atom is 0.234 e. The summed E-state index contributed by atoms with van der Waals surface area (Å²) in [5, 5.41) is 13.7. The van der Waals surface area contributed by atoms with Crippen molar-refractivity contribution in [3.8, 4) is 5.75 Å². The van der Waals surface area contributed by atoms with E-state index < -0.39 is 0 Å². The van der Waals surface area contributed by atoms with Gasteiger partial charge in [0.2, 0.25) is 4.96 Å². The van der Waals surface area contributed by atoms with Crippen molar-refractivity contribution in [1.29, 1.82) is 0 Å². The molecule has 0 aliphatic carbocycles. The summed E-state index contributed by atoms with van der Waals surface area (Å²) in [6.45, 7) is 0.329. The van der Waals surface area contributed by atoms with Crippen molar-refractivity contribution in [3.63, 3.8) is 0 Å². The number of halogens is 2. The van der Waals surface area contributed by atoms with Gasteiger partial charge in [-0.05, 0) is 18.2 Å². The lowest BCUT2D eigenvalue weighted by Gasteiger charge is -2.05. The lowest BCUT2D eigenvalue weighted by molar-refractivity contribution is 0.304. The molecule has 3 aromatic rings. The Morgan fingerprint density at radius 3 is 3.00 bits per heavy atom. The van der Waals surface area contributed by atoms with Crippen LogP contribution in [0.3, 0.4) is 0 Å². The van der Waals surface area contributed by atoms with Crippen LogP contribution < -0.4 is 4.74 Å². The van der Waals surface area contributed by atoms with Crippen LogP contribution in [0.2, 0.25) is 10.0 Å². The Balaban J connectivity index is 1.76. The molecule has 5 nitrogen and oxygen atoms in total. The molecule has 0 fully saturated rings. The highest BCUT2D eigenvalue weighted by atomic mass is 35.5. The summed E-state index contributed by atoms with van der Waals surface area (Å²) in [4.78, 5) is 0.732. The molecule has 0 unspecified atom stereocenters. The van der Waals surface area contributed by atoms with E-state index in [4.69, 9.17) is 27.9 Å². The number of rotatable bonds is 3. The van der Waals surface area contributed by atoms with Crippen LogP contribution in [-0.4, -0.2) is 19.8 Å². The lowest BCUT2D eigenvalue weighted by Crippen LogP contribution is -1.96. The molecular weight excluding hydrogens is 295 g/mol. The van der Waals surface area contributed by atoms with Crippen molar-refractivity contribution >= 4 is 39.5 Å². The third-order valence-electron chi connectivity index (χ3n) is 2.17. The molecule has 0 radical (unpaired) electrons. The average Bonchev–Trinajstić information content (AvgIpc) is 2.88. The van der Waals surface area contributed by atoms with Crippen LogP contribution in [0.15, 0.2) is 24.5 Å². The summed E-state index contributed by atoms with van der Waals surface area (Å²) in [5.74, 6) is 0.576. The van der Waals surface area contributed by atoms with Gasteiger partial charge in [-0.3, -0.25) is 0 Å². The van der Waals surface area contributed by atoms with E-state index in [1.165, 1.54) is 11.3 Å². The minimum atomic E-state index is 0.329. The number of benzene rings is 1. The Kier molecular flexibility index (Phi) is 3.07. The molecular formula is C10H6Cl2N4OS. The topological polar surface area (TPSA) is 52.3 Å². The molecule has 18 heavy (non-hydrogen) atoms. The Labute approximate surface area is 116 Å². The fourth-order valence-corrected chi connectivity index (χ4v) is 2.58. The summed E-state index contributed by atoms with van der Waals surface area (Å²) >= 11 is 13.2. The van der Waals surface area contributed by atoms with Gasteiger partial charge in [0.05, 0.1) is 5.02 Å². The van der Waals surface area contributed by atoms with E-state index in [0.717, 1.165) is 9.97 Å². The second-order valence-electron chi connectivity index (χ2n) is 3.42. The van der Waals surface area contributed by atoms with Crippen LogP contribution in [-0.2, 0) is 6.61 Å². The highest BCUT2D eigenvalue weighted by molar-refractivity contribution is 7.16. The third kappa shape index (κ3) is 2.27. The smallest absolute Gasteiger partial charge is 0.234 e. The minimum absolute atomic E-state index is 0.329. The second kappa shape index (κ2) is 4.72. The fraction of sp³-hybridized carbons (Fsp3) is 0.100. The van der Waals surface area contributed by atoms with E-state index in [1.54, 1.807) is 29.0 Å². The van der Waals surface area contributed by atoms with Crippen molar-refractivity contribution in [1.82, 2.24) is 19.8 Å². The van der Waals surface area contributed by atoms with E-state index in [1.807, 2.05) is 0 Å². The molecule has 2 heterocycles. The maximum absolute atomic E-state index is 6.00. The number of hydrogen-bond donors (Lipinski definition) is 0. The second-order valence-corrected chi connectivity index (χ2v) is 5.30. The van der Waals surface area contributed by atoms with Crippen LogP contribution >= 0.6 is 34.5 Å². The van der Waals surface area contributed by atoms with Gasteiger partial charge in [-0.25, -0.2) is 0 Å². The average molecular weight is 301 g/mol. The molecule has 1 aromatic carbocycles. The van der Waals surface area contributed by atoms with E-state index in [2.05, 4.69) is 15.3 Å². The highest BCUT2D eigenvalue weighted by Crippen LogP contribution is 2.28. The first-order valence-electron chi connectivity index (χ1n) is 4.96. The predicted molar refractivity (Wildman–Crippen MR) is 69.5 cm³/mol. The van der Waals surface area contributed by atoms with Crippen LogP contribution in [0.25, 0.3) is 4.96 Å². The first-order chi connectivity index (χ1) is 8.72. The maximum atomic E-state index is 6.00. The van der Waals surface area contributed by atoms with Gasteiger partial charge in [0.25, 0.3) is 0 Å². The third-order valence-corrected chi connectivity index (χ3v) is 3.59. The van der Waals surface area contributed by atoms with Crippen molar-refractivity contribution in [3.05, 3.63) is 39.6 Å². The summed E-state index contributed by atoms with van der Waals surface area (Å²) < 4.78 is 7.18. The van der Waals surface area contributed by atoms with Crippen LogP contribution in [0, 0.1) is 0 Å². The highest BCUT2D eigenvalue weighted by Gasteiger charge is 2.07. The Bertz CT molecular complexity index is 668. The molecule has 0 bridgehead atoms. The van der Waals surface area contributed by atoms with Gasteiger partial charge in [-0.15, -0.1) is 10.2 Å². The van der Waals surface area contributed by atoms with Gasteiger partial charge in [-0.2, -0.15) is 9.61 Å². The summed E-state index contributed by atoms with van der Waals surface area (Å²) in [6, 6.07) is 5.09. The first-order valence-corrected chi connectivity index (χ1v) is 6.53. The SMILES string of the molecule is Clc1ccc(OCc2nn3cnnc3s2)c(Cl)c1. The zero-order chi connectivity index (χ0) is 12.5. The predicted octanol–water partition coefficient (Wildman–Crippen LogP) is 3.07. The zero-order valence-corrected chi connectivity index (χ0v) is 11.2. The van der Waals surface area contributed by atoms with Crippen molar-refractivity contribution in [2.24, 2.45) is 0 Å². The molecule has 0 aliphatic heterocycles. The van der Waals surface area contributed by atoms with Crippen molar-refractivity contribution < 1.29 is 4.74 Å². The van der Waals surface area contributed by atoms with Gasteiger partial charge in [0.1, 0.15) is 18.7 Å². The molecule has 0 saturated carbocycles. The van der Waals surface area contributed by atoms with Gasteiger partial charge in [0.15, 0.2) is 5.01 Å². The number of nitrogens with zero attached hydrogens (tertiary/aromatic N) is 4. The molecule has 3 rings (SSSR count). The first kappa shape index (κ1) is 11.7. The largest absolute Gasteiger partial charge is 0.485 e. The molecule has 0 atom stereocenters. The molecule has 2 aromatic heterocycles. The number of hydrogen-bond acceptors (Lipinski definition) is 5. The van der Waals surface area contributed by atoms with Crippen LogP contribution in [0.1, 0.15) is 5.01 Å². The zero-order valence-electron chi connectivity index (χ0n) is 8.88. The molecule has 0 spiro atoms. The van der Waals surface area contributed by atoms with Gasteiger partial charge in [0, 0.05) is 5.02 Å². The van der Waals surface area contributed by atoms with Gasteiger partial charge >= 0.3 is 0 Å². The number of aromatic nitrogens is 4. The van der Waals surface area contributed by atoms with E-state index in [-0.39, 0.29) is 0 Å². The number of ether oxygens (including phenoxy) is 1. The van der Waals surface area contributed by atoms with Gasteiger partial charge in [-0.1, -0.05) is 34.5 Å². The molecule has 92 valence electrons. The fourth-order valence-electron chi connectivity index (χ4n) is 1.39. The lowest BCUT2D eigenvalue weighted by atomic mass is 10.3. The van der Waals surface area contributed by atoms with Gasteiger partial charge < -0.3 is 4.74 Å². The van der Waals surface area contributed by atoms with E-state index >= 15 is 0 Å². The van der Waals surface area contributed by atoms with Crippen LogP contribution in [0.5, 0.6) is 5.75 Å². The van der Waals surface area contributed by atoms with E-state index in [9.17, 15) is 0 Å². The standard InChI is InChI=1S/C10H6Cl2N4OS/c11-6-1-2-8(7(12)3-6)17-4-9-15-16-5-13-14-10(16)18-9/h1-3,5H,4H2. The molecule has 0 amide bonds. The Morgan fingerprint density at radius 1 is 1.33 bits per heavy atom. The summed E-state index contributed by atoms with van der Waals surface area (Å²) in [5.41, 5.74) is 0. The molecule has 0 saturated heterocycles. The molecule has 8 heteroatoms. The quantitative estimate of drug-likeness (QED) is 0.746. The molecule has 0 aliphatic rings. The Hall–Kier alpha value is -1.37.